The summed E-state index contributed by atoms with van der Waals surface area (Å²) < 4.78 is 11.0. The molecule has 0 saturated heterocycles. The Morgan fingerprint density at radius 1 is 1.29 bits per heavy atom. The first kappa shape index (κ1) is 12.2. The molecule has 0 radical (unpaired) electrons. The van der Waals surface area contributed by atoms with Gasteiger partial charge in [0.05, 0.1) is 5.60 Å². The molecule has 0 aromatic heterocycles. The highest BCUT2D eigenvalue weighted by Crippen LogP contribution is 2.32. The van der Waals surface area contributed by atoms with Crippen LogP contribution in [0.5, 0.6) is 11.5 Å². The molecule has 0 spiro atoms. The summed E-state index contributed by atoms with van der Waals surface area (Å²) in [6.07, 6.45) is 1.16. The fraction of sp³-hybridized carbons (Fsp3) is 0.538. The molecular formula is C13H19NO3. The van der Waals surface area contributed by atoms with E-state index < -0.39 is 5.60 Å². The van der Waals surface area contributed by atoms with Crippen LogP contribution in [0.15, 0.2) is 18.2 Å². The molecule has 0 amide bonds. The molecule has 4 nitrogen and oxygen atoms in total. The minimum atomic E-state index is -0.765. The van der Waals surface area contributed by atoms with Gasteiger partial charge in [-0.1, -0.05) is 6.07 Å². The summed E-state index contributed by atoms with van der Waals surface area (Å²) in [4.78, 5) is 0. The van der Waals surface area contributed by atoms with Crippen LogP contribution >= 0.6 is 0 Å². The van der Waals surface area contributed by atoms with Crippen LogP contribution in [0.1, 0.15) is 18.9 Å². The molecule has 1 aromatic rings. The predicted octanol–water partition coefficient (Wildman–Crippen LogP) is 1.10. The Labute approximate surface area is 101 Å². The largest absolute Gasteiger partial charge is 0.486 e. The summed E-state index contributed by atoms with van der Waals surface area (Å²) in [5.41, 5.74) is 5.74. The van der Waals surface area contributed by atoms with E-state index in [4.69, 9.17) is 15.2 Å². The summed E-state index contributed by atoms with van der Waals surface area (Å²) in [5, 5.41) is 10.1. The number of ether oxygens (including phenoxy) is 2. The highest BCUT2D eigenvalue weighted by molar-refractivity contribution is 5.44. The molecule has 2 rings (SSSR count). The molecule has 1 aromatic carbocycles. The average molecular weight is 237 g/mol. The lowest BCUT2D eigenvalue weighted by Gasteiger charge is -2.24. The van der Waals surface area contributed by atoms with Crippen LogP contribution in [0.3, 0.4) is 0 Å². The van der Waals surface area contributed by atoms with Crippen molar-refractivity contribution in [1.82, 2.24) is 0 Å². The van der Waals surface area contributed by atoms with Gasteiger partial charge in [-0.2, -0.15) is 0 Å². The maximum atomic E-state index is 10.1. The zero-order valence-corrected chi connectivity index (χ0v) is 10.1. The molecule has 0 saturated carbocycles. The minimum absolute atomic E-state index is 0.484. The van der Waals surface area contributed by atoms with E-state index in [-0.39, 0.29) is 0 Å². The SMILES string of the molecule is CC(O)(CCN)Cc1ccc2c(c1)OCCO2. The fourth-order valence-corrected chi connectivity index (χ4v) is 2.04. The lowest BCUT2D eigenvalue weighted by Crippen LogP contribution is -2.30. The van der Waals surface area contributed by atoms with E-state index in [1.807, 2.05) is 18.2 Å². The molecule has 0 aliphatic carbocycles. The van der Waals surface area contributed by atoms with Gasteiger partial charge in [0.1, 0.15) is 13.2 Å². The maximum absolute atomic E-state index is 10.1. The Bertz CT molecular complexity index is 390. The van der Waals surface area contributed by atoms with Crippen LogP contribution in [0, 0.1) is 0 Å². The summed E-state index contributed by atoms with van der Waals surface area (Å²) in [5.74, 6) is 1.54. The van der Waals surface area contributed by atoms with Crippen molar-refractivity contribution in [1.29, 1.82) is 0 Å². The Kier molecular flexibility index (Phi) is 3.54. The monoisotopic (exact) mass is 237 g/mol. The summed E-state index contributed by atoms with van der Waals surface area (Å²) >= 11 is 0. The first-order valence-electron chi connectivity index (χ1n) is 5.92. The van der Waals surface area contributed by atoms with Crippen LogP contribution in [-0.4, -0.2) is 30.5 Å². The number of hydrogen-bond acceptors (Lipinski definition) is 4. The molecule has 1 aliphatic rings. The Morgan fingerprint density at radius 3 is 2.71 bits per heavy atom. The number of nitrogens with two attached hydrogens (primary N) is 1. The van der Waals surface area contributed by atoms with Gasteiger partial charge in [0, 0.05) is 6.42 Å². The molecule has 1 unspecified atom stereocenters. The first-order chi connectivity index (χ1) is 8.11. The van der Waals surface area contributed by atoms with Gasteiger partial charge >= 0.3 is 0 Å². The van der Waals surface area contributed by atoms with Crippen molar-refractivity contribution < 1.29 is 14.6 Å². The Balaban J connectivity index is 2.11. The molecule has 17 heavy (non-hydrogen) atoms. The predicted molar refractivity (Wildman–Crippen MR) is 65.4 cm³/mol. The van der Waals surface area contributed by atoms with Crippen molar-refractivity contribution in [3.8, 4) is 11.5 Å². The van der Waals surface area contributed by atoms with Gasteiger partial charge in [0.2, 0.25) is 0 Å². The van der Waals surface area contributed by atoms with Gasteiger partial charge in [-0.3, -0.25) is 0 Å². The van der Waals surface area contributed by atoms with Crippen molar-refractivity contribution in [2.75, 3.05) is 19.8 Å². The first-order valence-corrected chi connectivity index (χ1v) is 5.92. The second kappa shape index (κ2) is 4.94. The topological polar surface area (TPSA) is 64.7 Å². The van der Waals surface area contributed by atoms with E-state index >= 15 is 0 Å². The van der Waals surface area contributed by atoms with Crippen LogP contribution in [-0.2, 0) is 6.42 Å². The van der Waals surface area contributed by atoms with Crippen molar-refractivity contribution >= 4 is 0 Å². The summed E-state index contributed by atoms with van der Waals surface area (Å²) in [6, 6.07) is 5.78. The molecule has 1 aliphatic heterocycles. The van der Waals surface area contributed by atoms with E-state index in [2.05, 4.69) is 0 Å². The number of benzene rings is 1. The van der Waals surface area contributed by atoms with Crippen LogP contribution < -0.4 is 15.2 Å². The lowest BCUT2D eigenvalue weighted by molar-refractivity contribution is 0.0537. The quantitative estimate of drug-likeness (QED) is 0.823. The molecule has 0 bridgehead atoms. The van der Waals surface area contributed by atoms with E-state index in [1.54, 1.807) is 6.92 Å². The average Bonchev–Trinajstić information content (AvgIpc) is 2.28. The van der Waals surface area contributed by atoms with Crippen molar-refractivity contribution in [2.24, 2.45) is 5.73 Å². The van der Waals surface area contributed by atoms with Gasteiger partial charge in [0.15, 0.2) is 11.5 Å². The molecule has 94 valence electrons. The third kappa shape index (κ3) is 3.11. The van der Waals surface area contributed by atoms with E-state index in [1.165, 1.54) is 0 Å². The van der Waals surface area contributed by atoms with Crippen molar-refractivity contribution in [2.45, 2.75) is 25.4 Å². The van der Waals surface area contributed by atoms with Crippen molar-refractivity contribution in [3.05, 3.63) is 23.8 Å². The van der Waals surface area contributed by atoms with Gasteiger partial charge in [0.25, 0.3) is 0 Å². The van der Waals surface area contributed by atoms with E-state index in [0.29, 0.717) is 32.6 Å². The standard InChI is InChI=1S/C13H19NO3/c1-13(15,4-5-14)9-10-2-3-11-12(8-10)17-7-6-16-11/h2-3,8,15H,4-7,9,14H2,1H3. The van der Waals surface area contributed by atoms with Crippen LogP contribution in [0.4, 0.5) is 0 Å². The lowest BCUT2D eigenvalue weighted by atomic mass is 9.93. The van der Waals surface area contributed by atoms with Crippen LogP contribution in [0.2, 0.25) is 0 Å². The highest BCUT2D eigenvalue weighted by atomic mass is 16.6. The number of hydrogen-bond donors (Lipinski definition) is 2. The molecule has 0 fully saturated rings. The van der Waals surface area contributed by atoms with Gasteiger partial charge in [-0.25, -0.2) is 0 Å². The molecule has 4 heteroatoms. The van der Waals surface area contributed by atoms with E-state index in [0.717, 1.165) is 17.1 Å². The van der Waals surface area contributed by atoms with Gasteiger partial charge in [-0.15, -0.1) is 0 Å². The zero-order valence-electron chi connectivity index (χ0n) is 10.1. The minimum Gasteiger partial charge on any atom is -0.486 e. The normalized spacial score (nSPS) is 17.6. The Morgan fingerprint density at radius 2 is 2.00 bits per heavy atom. The number of rotatable bonds is 4. The smallest absolute Gasteiger partial charge is 0.161 e. The fourth-order valence-electron chi connectivity index (χ4n) is 2.04. The number of fused-ring (bicyclic) bond motifs is 1. The number of aliphatic hydroxyl groups is 1. The highest BCUT2D eigenvalue weighted by Gasteiger charge is 2.21. The van der Waals surface area contributed by atoms with Gasteiger partial charge < -0.3 is 20.3 Å². The molecule has 3 N–H and O–H groups in total. The second-order valence-electron chi connectivity index (χ2n) is 4.69. The molecular weight excluding hydrogens is 218 g/mol. The van der Waals surface area contributed by atoms with Crippen LogP contribution in [0.25, 0.3) is 0 Å². The molecule has 1 atom stereocenters. The van der Waals surface area contributed by atoms with E-state index in [9.17, 15) is 5.11 Å². The van der Waals surface area contributed by atoms with Crippen molar-refractivity contribution in [3.63, 3.8) is 0 Å². The summed E-state index contributed by atoms with van der Waals surface area (Å²) in [6.45, 7) is 3.46. The molecule has 1 heterocycles. The second-order valence-corrected chi connectivity index (χ2v) is 4.69. The maximum Gasteiger partial charge on any atom is 0.161 e. The third-order valence-corrected chi connectivity index (χ3v) is 2.87. The summed E-state index contributed by atoms with van der Waals surface area (Å²) in [7, 11) is 0. The third-order valence-electron chi connectivity index (χ3n) is 2.87. The zero-order chi connectivity index (χ0) is 12.3. The van der Waals surface area contributed by atoms with Gasteiger partial charge in [-0.05, 0) is 37.6 Å². The Hall–Kier alpha value is -1.26.